The first-order valence-corrected chi connectivity index (χ1v) is 6.13. The molecule has 0 heterocycles. The van der Waals surface area contributed by atoms with E-state index in [1.165, 1.54) is 12.8 Å². The zero-order chi connectivity index (χ0) is 12.4. The fourth-order valence-electron chi connectivity index (χ4n) is 2.27. The topological polar surface area (TPSA) is 44.5 Å². The number of benzene rings is 1. The van der Waals surface area contributed by atoms with Gasteiger partial charge in [0.15, 0.2) is 0 Å². The molecule has 0 spiro atoms. The summed E-state index contributed by atoms with van der Waals surface area (Å²) >= 11 is 0. The zero-order valence-electron chi connectivity index (χ0n) is 10.8. The fourth-order valence-corrected chi connectivity index (χ4v) is 2.27. The van der Waals surface area contributed by atoms with Gasteiger partial charge in [-0.25, -0.2) is 0 Å². The van der Waals surface area contributed by atoms with Crippen molar-refractivity contribution in [3.05, 3.63) is 23.3 Å². The van der Waals surface area contributed by atoms with Crippen LogP contribution in [-0.4, -0.2) is 14.2 Å². The predicted octanol–water partition coefficient (Wildman–Crippen LogP) is 2.81. The minimum Gasteiger partial charge on any atom is -0.496 e. The molecule has 1 aromatic carbocycles. The van der Waals surface area contributed by atoms with E-state index < -0.39 is 0 Å². The average molecular weight is 235 g/mol. The van der Waals surface area contributed by atoms with E-state index in [1.807, 2.05) is 19.1 Å². The van der Waals surface area contributed by atoms with Crippen LogP contribution in [0.25, 0.3) is 0 Å². The Balaban J connectivity index is 2.33. The summed E-state index contributed by atoms with van der Waals surface area (Å²) in [6.07, 6.45) is 3.64. The van der Waals surface area contributed by atoms with Crippen molar-refractivity contribution in [1.82, 2.24) is 0 Å². The van der Waals surface area contributed by atoms with Gasteiger partial charge in [-0.2, -0.15) is 0 Å². The monoisotopic (exact) mass is 235 g/mol. The smallest absolute Gasteiger partial charge is 0.127 e. The Morgan fingerprint density at radius 2 is 1.76 bits per heavy atom. The van der Waals surface area contributed by atoms with Crippen molar-refractivity contribution in [2.24, 2.45) is 11.7 Å². The Bertz CT molecular complexity index is 374. The molecule has 3 nitrogen and oxygen atoms in total. The average Bonchev–Trinajstić information content (AvgIpc) is 3.11. The second-order valence-electron chi connectivity index (χ2n) is 4.87. The summed E-state index contributed by atoms with van der Waals surface area (Å²) in [6.45, 7) is 2.03. The van der Waals surface area contributed by atoms with Crippen LogP contribution in [0, 0.1) is 12.8 Å². The Morgan fingerprint density at radius 3 is 2.18 bits per heavy atom. The van der Waals surface area contributed by atoms with Gasteiger partial charge in [-0.3, -0.25) is 0 Å². The highest BCUT2D eigenvalue weighted by Crippen LogP contribution is 2.42. The molecule has 0 saturated heterocycles. The van der Waals surface area contributed by atoms with Crippen LogP contribution < -0.4 is 15.2 Å². The van der Waals surface area contributed by atoms with Crippen LogP contribution in [0.1, 0.15) is 36.4 Å². The third-order valence-corrected chi connectivity index (χ3v) is 3.34. The molecule has 2 rings (SSSR count). The van der Waals surface area contributed by atoms with Crippen LogP contribution >= 0.6 is 0 Å². The number of nitrogens with two attached hydrogens (primary N) is 1. The summed E-state index contributed by atoms with van der Waals surface area (Å²) in [7, 11) is 3.36. The number of hydrogen-bond acceptors (Lipinski definition) is 3. The van der Waals surface area contributed by atoms with Gasteiger partial charge < -0.3 is 15.2 Å². The Hall–Kier alpha value is -1.22. The molecule has 2 N–H and O–H groups in total. The Labute approximate surface area is 103 Å². The molecule has 1 saturated carbocycles. The van der Waals surface area contributed by atoms with E-state index in [0.29, 0.717) is 0 Å². The highest BCUT2D eigenvalue weighted by Gasteiger charge is 2.27. The fraction of sp³-hybridized carbons (Fsp3) is 0.571. The van der Waals surface area contributed by atoms with Crippen molar-refractivity contribution in [3.8, 4) is 11.5 Å². The molecule has 0 amide bonds. The van der Waals surface area contributed by atoms with Gasteiger partial charge in [0.2, 0.25) is 0 Å². The molecule has 17 heavy (non-hydrogen) atoms. The highest BCUT2D eigenvalue weighted by molar-refractivity contribution is 5.49. The van der Waals surface area contributed by atoms with E-state index >= 15 is 0 Å². The standard InChI is InChI=1S/C14H21NO2/c1-9-6-12(16-2)14(13(7-9)17-3)11(15)8-10-4-5-10/h6-7,10-11H,4-5,8,15H2,1-3H3/t11-/m0/s1. The summed E-state index contributed by atoms with van der Waals surface area (Å²) in [4.78, 5) is 0. The van der Waals surface area contributed by atoms with Crippen molar-refractivity contribution in [1.29, 1.82) is 0 Å². The molecule has 0 unspecified atom stereocenters. The number of hydrogen-bond donors (Lipinski definition) is 1. The zero-order valence-corrected chi connectivity index (χ0v) is 10.8. The summed E-state index contributed by atoms with van der Waals surface area (Å²) < 4.78 is 10.9. The quantitative estimate of drug-likeness (QED) is 0.853. The maximum absolute atomic E-state index is 6.28. The first-order chi connectivity index (χ1) is 8.15. The Morgan fingerprint density at radius 1 is 1.24 bits per heavy atom. The molecule has 0 radical (unpaired) electrons. The van der Waals surface area contributed by atoms with Gasteiger partial charge in [-0.1, -0.05) is 12.8 Å². The summed E-state index contributed by atoms with van der Waals surface area (Å²) in [5, 5.41) is 0. The minimum absolute atomic E-state index is 0.00741. The second kappa shape index (κ2) is 4.96. The number of aryl methyl sites for hydroxylation is 1. The molecule has 0 bridgehead atoms. The van der Waals surface area contributed by atoms with Gasteiger partial charge >= 0.3 is 0 Å². The third kappa shape index (κ3) is 2.72. The summed E-state index contributed by atoms with van der Waals surface area (Å²) in [6, 6.07) is 4.04. The third-order valence-electron chi connectivity index (χ3n) is 3.34. The first-order valence-electron chi connectivity index (χ1n) is 6.13. The van der Waals surface area contributed by atoms with Gasteiger partial charge in [-0.05, 0) is 37.0 Å². The molecule has 1 fully saturated rings. The lowest BCUT2D eigenvalue weighted by Gasteiger charge is -2.19. The van der Waals surface area contributed by atoms with Crippen molar-refractivity contribution in [2.45, 2.75) is 32.2 Å². The van der Waals surface area contributed by atoms with Crippen molar-refractivity contribution < 1.29 is 9.47 Å². The van der Waals surface area contributed by atoms with Crippen molar-refractivity contribution in [2.75, 3.05) is 14.2 Å². The molecule has 0 aromatic heterocycles. The van der Waals surface area contributed by atoms with Crippen LogP contribution in [0.2, 0.25) is 0 Å². The lowest BCUT2D eigenvalue weighted by atomic mass is 9.98. The molecule has 1 atom stereocenters. The first kappa shape index (κ1) is 12.2. The number of methoxy groups -OCH3 is 2. The number of ether oxygens (including phenoxy) is 2. The molecular weight excluding hydrogens is 214 g/mol. The summed E-state index contributed by atoms with van der Waals surface area (Å²) in [5.41, 5.74) is 8.41. The van der Waals surface area contributed by atoms with E-state index in [4.69, 9.17) is 15.2 Å². The van der Waals surface area contributed by atoms with Gasteiger partial charge in [-0.15, -0.1) is 0 Å². The van der Waals surface area contributed by atoms with E-state index in [0.717, 1.165) is 35.0 Å². The predicted molar refractivity (Wildman–Crippen MR) is 68.6 cm³/mol. The van der Waals surface area contributed by atoms with Crippen LogP contribution in [0.3, 0.4) is 0 Å². The van der Waals surface area contributed by atoms with Gasteiger partial charge in [0.05, 0.1) is 19.8 Å². The largest absolute Gasteiger partial charge is 0.496 e. The van der Waals surface area contributed by atoms with E-state index in [1.54, 1.807) is 14.2 Å². The van der Waals surface area contributed by atoms with Gasteiger partial charge in [0, 0.05) is 6.04 Å². The van der Waals surface area contributed by atoms with E-state index in [2.05, 4.69) is 0 Å². The molecular formula is C14H21NO2. The van der Waals surface area contributed by atoms with E-state index in [-0.39, 0.29) is 6.04 Å². The molecule has 3 heteroatoms. The van der Waals surface area contributed by atoms with Crippen molar-refractivity contribution >= 4 is 0 Å². The molecule has 1 aliphatic rings. The SMILES string of the molecule is COc1cc(C)cc(OC)c1[C@@H](N)CC1CC1. The molecule has 1 aromatic rings. The van der Waals surface area contributed by atoms with Crippen LogP contribution in [-0.2, 0) is 0 Å². The molecule has 1 aliphatic carbocycles. The molecule has 94 valence electrons. The van der Waals surface area contributed by atoms with Crippen LogP contribution in [0.4, 0.5) is 0 Å². The van der Waals surface area contributed by atoms with Gasteiger partial charge in [0.1, 0.15) is 11.5 Å². The Kier molecular flexibility index (Phi) is 3.57. The maximum Gasteiger partial charge on any atom is 0.127 e. The highest BCUT2D eigenvalue weighted by atomic mass is 16.5. The minimum atomic E-state index is 0.00741. The van der Waals surface area contributed by atoms with Gasteiger partial charge in [0.25, 0.3) is 0 Å². The van der Waals surface area contributed by atoms with Crippen LogP contribution in [0.15, 0.2) is 12.1 Å². The summed E-state index contributed by atoms with van der Waals surface area (Å²) in [5.74, 6) is 2.48. The molecule has 0 aliphatic heterocycles. The normalized spacial score (nSPS) is 16.7. The van der Waals surface area contributed by atoms with E-state index in [9.17, 15) is 0 Å². The maximum atomic E-state index is 6.28. The lowest BCUT2D eigenvalue weighted by molar-refractivity contribution is 0.375. The lowest BCUT2D eigenvalue weighted by Crippen LogP contribution is -2.14. The second-order valence-corrected chi connectivity index (χ2v) is 4.87. The number of rotatable bonds is 5. The van der Waals surface area contributed by atoms with Crippen LogP contribution in [0.5, 0.6) is 11.5 Å². The van der Waals surface area contributed by atoms with Crippen molar-refractivity contribution in [3.63, 3.8) is 0 Å².